The van der Waals surface area contributed by atoms with E-state index in [1.165, 1.54) is 89.9 Å². The molecule has 0 radical (unpaired) electrons. The quantitative estimate of drug-likeness (QED) is 0.0931. The summed E-state index contributed by atoms with van der Waals surface area (Å²) in [5.74, 6) is -0.000809. The average molecular weight is 391 g/mol. The molecule has 0 aromatic carbocycles. The zero-order valence-corrected chi connectivity index (χ0v) is 17.9. The van der Waals surface area contributed by atoms with Gasteiger partial charge in [0.05, 0.1) is 6.61 Å². The van der Waals surface area contributed by atoms with Crippen molar-refractivity contribution in [3.05, 3.63) is 12.2 Å². The molecule has 0 aromatic rings. The van der Waals surface area contributed by atoms with Gasteiger partial charge in [-0.25, -0.2) is 0 Å². The van der Waals surface area contributed by atoms with E-state index in [0.717, 1.165) is 19.3 Å². The summed E-state index contributed by atoms with van der Waals surface area (Å²) < 4.78 is 5.26. The molecule has 0 bridgehead atoms. The standard InChI is InChI=1S/C24H46O2.Na.H/c1-3-5-7-9-10-11-12-13-14-15-16-17-18-19-20-22-24(25)26-23-21-8-6-4-2;;/h13-14H,3-12,15-23H2,1-2H3;;/b14-13-;;. The van der Waals surface area contributed by atoms with E-state index in [9.17, 15) is 4.79 Å². The summed E-state index contributed by atoms with van der Waals surface area (Å²) in [6, 6.07) is 0. The molecule has 156 valence electrons. The van der Waals surface area contributed by atoms with Gasteiger partial charge in [0.15, 0.2) is 0 Å². The topological polar surface area (TPSA) is 26.3 Å². The van der Waals surface area contributed by atoms with Gasteiger partial charge in [-0.05, 0) is 38.5 Å². The molecule has 0 N–H and O–H groups in total. The van der Waals surface area contributed by atoms with E-state index in [-0.39, 0.29) is 35.5 Å². The maximum absolute atomic E-state index is 11.6. The molecule has 3 heteroatoms. The fourth-order valence-corrected chi connectivity index (χ4v) is 3.13. The van der Waals surface area contributed by atoms with Gasteiger partial charge in [-0.15, -0.1) is 0 Å². The summed E-state index contributed by atoms with van der Waals surface area (Å²) in [6.45, 7) is 5.08. The molecule has 0 amide bonds. The van der Waals surface area contributed by atoms with Gasteiger partial charge < -0.3 is 4.74 Å². The fraction of sp³-hybridized carbons (Fsp3) is 0.875. The Morgan fingerprint density at radius 3 is 1.63 bits per heavy atom. The van der Waals surface area contributed by atoms with Crippen molar-refractivity contribution < 1.29 is 9.53 Å². The van der Waals surface area contributed by atoms with Crippen molar-refractivity contribution in [3.8, 4) is 0 Å². The fourth-order valence-electron chi connectivity index (χ4n) is 3.13. The van der Waals surface area contributed by atoms with Crippen molar-refractivity contribution in [2.45, 2.75) is 129 Å². The third-order valence-corrected chi connectivity index (χ3v) is 4.90. The van der Waals surface area contributed by atoms with Crippen molar-refractivity contribution in [1.29, 1.82) is 0 Å². The summed E-state index contributed by atoms with van der Waals surface area (Å²) in [4.78, 5) is 11.6. The summed E-state index contributed by atoms with van der Waals surface area (Å²) in [7, 11) is 0. The Labute approximate surface area is 192 Å². The Bertz CT molecular complexity index is 316. The number of unbranched alkanes of at least 4 members (excludes halogenated alkanes) is 14. The van der Waals surface area contributed by atoms with Crippen LogP contribution in [0.15, 0.2) is 12.2 Å². The van der Waals surface area contributed by atoms with Crippen LogP contribution in [-0.4, -0.2) is 42.1 Å². The van der Waals surface area contributed by atoms with Crippen LogP contribution in [0.1, 0.15) is 129 Å². The zero-order chi connectivity index (χ0) is 19.1. The third-order valence-electron chi connectivity index (χ3n) is 4.90. The first-order chi connectivity index (χ1) is 12.8. The third kappa shape index (κ3) is 26.2. The molecule has 0 aliphatic carbocycles. The van der Waals surface area contributed by atoms with E-state index in [2.05, 4.69) is 26.0 Å². The van der Waals surface area contributed by atoms with E-state index >= 15 is 0 Å². The van der Waals surface area contributed by atoms with Crippen LogP contribution in [0.5, 0.6) is 0 Å². The summed E-state index contributed by atoms with van der Waals surface area (Å²) in [5.41, 5.74) is 0. The minimum atomic E-state index is -0.000809. The van der Waals surface area contributed by atoms with Crippen LogP contribution in [-0.2, 0) is 9.53 Å². The number of allylic oxidation sites excluding steroid dienone is 2. The van der Waals surface area contributed by atoms with Crippen LogP contribution in [0.4, 0.5) is 0 Å². The van der Waals surface area contributed by atoms with Gasteiger partial charge in [-0.2, -0.15) is 0 Å². The second-order valence-corrected chi connectivity index (χ2v) is 7.62. The number of rotatable bonds is 20. The molecule has 0 unspecified atom stereocenters. The molecule has 0 fully saturated rings. The van der Waals surface area contributed by atoms with E-state index in [1.54, 1.807) is 0 Å². The van der Waals surface area contributed by atoms with Crippen LogP contribution in [0.25, 0.3) is 0 Å². The monoisotopic (exact) mass is 390 g/mol. The molecule has 0 heterocycles. The molecule has 2 nitrogen and oxygen atoms in total. The Morgan fingerprint density at radius 1 is 0.630 bits per heavy atom. The van der Waals surface area contributed by atoms with Gasteiger partial charge in [0.2, 0.25) is 0 Å². The molecular weight excluding hydrogens is 343 g/mol. The van der Waals surface area contributed by atoms with E-state index in [0.29, 0.717) is 13.0 Å². The summed E-state index contributed by atoms with van der Waals surface area (Å²) in [5, 5.41) is 0. The van der Waals surface area contributed by atoms with E-state index in [4.69, 9.17) is 4.74 Å². The molecule has 0 aromatic heterocycles. The molecule has 0 saturated heterocycles. The Morgan fingerprint density at radius 2 is 1.07 bits per heavy atom. The number of hydrogen-bond acceptors (Lipinski definition) is 2. The molecule has 0 spiro atoms. The molecule has 0 rings (SSSR count). The first kappa shape index (κ1) is 29.4. The number of carbonyl (C=O) groups is 1. The molecule has 0 saturated carbocycles. The van der Waals surface area contributed by atoms with E-state index in [1.807, 2.05) is 0 Å². The molecule has 27 heavy (non-hydrogen) atoms. The van der Waals surface area contributed by atoms with Crippen molar-refractivity contribution in [3.63, 3.8) is 0 Å². The van der Waals surface area contributed by atoms with Crippen LogP contribution >= 0.6 is 0 Å². The second kappa shape index (κ2) is 26.2. The van der Waals surface area contributed by atoms with Crippen LogP contribution in [0.3, 0.4) is 0 Å². The van der Waals surface area contributed by atoms with E-state index < -0.39 is 0 Å². The van der Waals surface area contributed by atoms with Gasteiger partial charge in [-0.3, -0.25) is 4.79 Å². The average Bonchev–Trinajstić information content (AvgIpc) is 2.64. The first-order valence-electron chi connectivity index (χ1n) is 11.6. The van der Waals surface area contributed by atoms with Crippen molar-refractivity contribution in [2.75, 3.05) is 6.61 Å². The zero-order valence-electron chi connectivity index (χ0n) is 17.9. The van der Waals surface area contributed by atoms with Crippen LogP contribution < -0.4 is 0 Å². The van der Waals surface area contributed by atoms with Gasteiger partial charge in [0.25, 0.3) is 0 Å². The molecular formula is C24H47NaO2. The summed E-state index contributed by atoms with van der Waals surface area (Å²) in [6.07, 6.45) is 26.8. The Kier molecular flexibility index (Phi) is 28.6. The maximum atomic E-state index is 11.6. The van der Waals surface area contributed by atoms with Gasteiger partial charge in [0, 0.05) is 6.42 Å². The number of carbonyl (C=O) groups excluding carboxylic acids is 1. The molecule has 0 aliphatic rings. The molecule has 0 atom stereocenters. The Balaban J connectivity index is 0. The van der Waals surface area contributed by atoms with Crippen molar-refractivity contribution >= 4 is 35.5 Å². The second-order valence-electron chi connectivity index (χ2n) is 7.62. The van der Waals surface area contributed by atoms with Gasteiger partial charge in [0.1, 0.15) is 0 Å². The predicted molar refractivity (Wildman–Crippen MR) is 122 cm³/mol. The van der Waals surface area contributed by atoms with Crippen LogP contribution in [0.2, 0.25) is 0 Å². The predicted octanol–water partition coefficient (Wildman–Crippen LogP) is 7.50. The van der Waals surface area contributed by atoms with Gasteiger partial charge >= 0.3 is 35.5 Å². The van der Waals surface area contributed by atoms with Crippen LogP contribution in [0, 0.1) is 0 Å². The normalized spacial score (nSPS) is 10.9. The molecule has 0 aliphatic heterocycles. The number of esters is 1. The SMILES string of the molecule is CCCCCCCC/C=C\CCCCCCCC(=O)OCCCCCC.[NaH]. The van der Waals surface area contributed by atoms with Crippen molar-refractivity contribution in [2.24, 2.45) is 0 Å². The minimum absolute atomic E-state index is 0. The van der Waals surface area contributed by atoms with Crippen molar-refractivity contribution in [1.82, 2.24) is 0 Å². The number of ether oxygens (including phenoxy) is 1. The Hall–Kier alpha value is 0.210. The first-order valence-corrected chi connectivity index (χ1v) is 11.6. The van der Waals surface area contributed by atoms with Gasteiger partial charge in [-0.1, -0.05) is 96.6 Å². The summed E-state index contributed by atoms with van der Waals surface area (Å²) >= 11 is 0. The number of hydrogen-bond donors (Lipinski definition) is 0.